The highest BCUT2D eigenvalue weighted by Gasteiger charge is 2.37. The van der Waals surface area contributed by atoms with Gasteiger partial charge in [-0.05, 0) is 38.2 Å². The zero-order valence-electron chi connectivity index (χ0n) is 26.0. The number of carbonyl (C=O) groups excluding carboxylic acids is 1. The van der Waals surface area contributed by atoms with Crippen molar-refractivity contribution in [2.75, 3.05) is 25.6 Å². The number of aliphatic hydroxyl groups excluding tert-OH is 2. The van der Waals surface area contributed by atoms with Crippen molar-refractivity contribution in [3.63, 3.8) is 0 Å². The lowest BCUT2D eigenvalue weighted by Crippen LogP contribution is -2.28. The van der Waals surface area contributed by atoms with E-state index in [-0.39, 0.29) is 25.3 Å². The van der Waals surface area contributed by atoms with Crippen molar-refractivity contribution < 1.29 is 43.0 Å². The number of unbranched alkanes of at least 4 members (excludes halogenated alkanes) is 11. The third-order valence-electron chi connectivity index (χ3n) is 7.28. The van der Waals surface area contributed by atoms with Crippen LogP contribution in [0.2, 0.25) is 0 Å². The first-order valence-electron chi connectivity index (χ1n) is 15.9. The third-order valence-corrected chi connectivity index (χ3v) is 8.23. The Morgan fingerprint density at radius 1 is 1.09 bits per heavy atom. The molecule has 1 aromatic rings. The van der Waals surface area contributed by atoms with Gasteiger partial charge in [0.2, 0.25) is 0 Å². The molecule has 5 atom stereocenters. The van der Waals surface area contributed by atoms with Gasteiger partial charge in [0, 0.05) is 19.0 Å². The van der Waals surface area contributed by atoms with Crippen molar-refractivity contribution in [2.24, 2.45) is 0 Å². The maximum absolute atomic E-state index is 12.2. The molecule has 1 unspecified atom stereocenters. The molecule has 0 amide bonds. The molecule has 5 N–H and O–H groups in total. The average molecular weight is 646 g/mol. The summed E-state index contributed by atoms with van der Waals surface area (Å²) in [5, 5.41) is 20.2. The molecule has 0 aliphatic carbocycles. The number of hydrogen-bond donors (Lipinski definition) is 4. The summed E-state index contributed by atoms with van der Waals surface area (Å²) in [5.41, 5.74) is 4.81. The normalized spacial score (nSPS) is 20.6. The van der Waals surface area contributed by atoms with Gasteiger partial charge in [-0.2, -0.15) is 4.98 Å². The van der Waals surface area contributed by atoms with E-state index in [0.29, 0.717) is 6.42 Å². The highest BCUT2D eigenvalue weighted by molar-refractivity contribution is 7.47. The van der Waals surface area contributed by atoms with Gasteiger partial charge in [-0.1, -0.05) is 70.4 Å². The smallest absolute Gasteiger partial charge is 0.463 e. The lowest BCUT2D eigenvalue weighted by Gasteiger charge is -2.19. The molecule has 2 heterocycles. The van der Waals surface area contributed by atoms with E-state index in [0.717, 1.165) is 36.7 Å². The number of rotatable bonds is 24. The lowest BCUT2D eigenvalue weighted by molar-refractivity contribution is -0.147. The summed E-state index contributed by atoms with van der Waals surface area (Å²) in [6.45, 7) is 0.722. The van der Waals surface area contributed by atoms with Crippen LogP contribution in [0.15, 0.2) is 29.2 Å². The molecule has 0 radical (unpaired) electrons. The molecule has 1 aromatic heterocycles. The number of ether oxygens (including phenoxy) is 2. The summed E-state index contributed by atoms with van der Waals surface area (Å²) in [4.78, 5) is 37.5. The first-order valence-corrected chi connectivity index (χ1v) is 17.4. The molecule has 0 spiro atoms. The number of nitrogens with two attached hydrogens (primary N) is 1. The first-order chi connectivity index (χ1) is 21.1. The second-order valence-electron chi connectivity index (χ2n) is 11.2. The minimum atomic E-state index is -4.62. The minimum absolute atomic E-state index is 0.0250. The molecule has 1 aliphatic rings. The van der Waals surface area contributed by atoms with Gasteiger partial charge in [-0.3, -0.25) is 18.4 Å². The van der Waals surface area contributed by atoms with E-state index in [9.17, 15) is 29.3 Å². The summed E-state index contributed by atoms with van der Waals surface area (Å²) in [5.74, 6) is -0.416. The van der Waals surface area contributed by atoms with Crippen LogP contribution < -0.4 is 11.4 Å². The van der Waals surface area contributed by atoms with Crippen molar-refractivity contribution in [1.82, 2.24) is 9.55 Å². The minimum Gasteiger partial charge on any atom is -0.463 e. The van der Waals surface area contributed by atoms with Crippen LogP contribution in [0.1, 0.15) is 109 Å². The van der Waals surface area contributed by atoms with Crippen LogP contribution >= 0.6 is 7.82 Å². The number of allylic oxidation sites excluding steroid dienone is 2. The number of aromatic nitrogens is 2. The third kappa shape index (κ3) is 16.3. The lowest BCUT2D eigenvalue weighted by atomic mass is 10.1. The van der Waals surface area contributed by atoms with E-state index in [4.69, 9.17) is 24.3 Å². The molecule has 2 rings (SSSR count). The van der Waals surface area contributed by atoms with Gasteiger partial charge < -0.3 is 30.3 Å². The van der Waals surface area contributed by atoms with Crippen LogP contribution in [-0.4, -0.2) is 68.8 Å². The predicted octanol–water partition coefficient (Wildman–Crippen LogP) is 4.55. The van der Waals surface area contributed by atoms with Gasteiger partial charge in [0.05, 0.1) is 19.3 Å². The summed E-state index contributed by atoms with van der Waals surface area (Å²) < 4.78 is 33.6. The second kappa shape index (κ2) is 21.6. The number of aliphatic hydroxyl groups is 2. The van der Waals surface area contributed by atoms with Gasteiger partial charge in [0.15, 0.2) is 0 Å². The van der Waals surface area contributed by atoms with E-state index in [1.807, 2.05) is 0 Å². The highest BCUT2D eigenvalue weighted by atomic mass is 31.2. The number of carbonyl (C=O) groups is 1. The Bertz CT molecular complexity index is 1090. The number of phosphoric acid groups is 1. The molecular weight excluding hydrogens is 593 g/mol. The first kappa shape index (κ1) is 38.1. The Morgan fingerprint density at radius 2 is 1.73 bits per heavy atom. The number of nitrogens with zero attached hydrogens (tertiary/aromatic N) is 2. The van der Waals surface area contributed by atoms with E-state index >= 15 is 0 Å². The van der Waals surface area contributed by atoms with E-state index in [1.54, 1.807) is 0 Å². The Labute approximate surface area is 260 Å². The number of phosphoric ester groups is 1. The van der Waals surface area contributed by atoms with Crippen molar-refractivity contribution in [2.45, 2.75) is 128 Å². The Hall–Kier alpha value is -2.12. The Balaban J connectivity index is 1.48. The molecule has 252 valence electrons. The SMILES string of the molecule is CCCCCCCC/C=C\CCCCCCCC(=O)OC[C@@H](O)COP(=O)(O)OC[C@H]1O[C@@H](n2ccc(N)nc2=O)C[C@@H]1O. The van der Waals surface area contributed by atoms with Crippen molar-refractivity contribution in [3.8, 4) is 0 Å². The maximum Gasteiger partial charge on any atom is 0.472 e. The van der Waals surface area contributed by atoms with Gasteiger partial charge in [0.1, 0.15) is 30.9 Å². The highest BCUT2D eigenvalue weighted by Crippen LogP contribution is 2.44. The fourth-order valence-electron chi connectivity index (χ4n) is 4.72. The second-order valence-corrected chi connectivity index (χ2v) is 12.7. The summed E-state index contributed by atoms with van der Waals surface area (Å²) in [7, 11) is -4.62. The zero-order chi connectivity index (χ0) is 32.2. The van der Waals surface area contributed by atoms with Gasteiger partial charge in [-0.25, -0.2) is 9.36 Å². The molecular formula is C30H52N3O10P. The monoisotopic (exact) mass is 645 g/mol. The van der Waals surface area contributed by atoms with Crippen LogP contribution in [0.5, 0.6) is 0 Å². The Kier molecular flexibility index (Phi) is 18.7. The summed E-state index contributed by atoms with van der Waals surface area (Å²) in [6.07, 6.45) is 17.0. The molecule has 44 heavy (non-hydrogen) atoms. The molecule has 14 heteroatoms. The zero-order valence-corrected chi connectivity index (χ0v) is 26.9. The Morgan fingerprint density at radius 3 is 2.39 bits per heavy atom. The van der Waals surface area contributed by atoms with Crippen LogP contribution in [0.3, 0.4) is 0 Å². The quantitative estimate of drug-likeness (QED) is 0.0531. The summed E-state index contributed by atoms with van der Waals surface area (Å²) >= 11 is 0. The van der Waals surface area contributed by atoms with E-state index < -0.39 is 57.2 Å². The molecule has 0 aromatic carbocycles. The molecule has 1 aliphatic heterocycles. The maximum atomic E-state index is 12.2. The van der Waals surface area contributed by atoms with E-state index in [1.165, 1.54) is 57.2 Å². The van der Waals surface area contributed by atoms with Crippen LogP contribution in [-0.2, 0) is 27.9 Å². The van der Waals surface area contributed by atoms with E-state index in [2.05, 4.69) is 24.1 Å². The molecule has 0 saturated carbocycles. The summed E-state index contributed by atoms with van der Waals surface area (Å²) in [6, 6.07) is 1.40. The standard InChI is InChI=1S/C30H52N3O10P/c1-2-3-4-5-6-7-8-9-10-11-12-13-14-15-16-17-29(36)40-21-24(34)22-41-44(38,39)42-23-26-25(35)20-28(43-26)33-19-18-27(31)32-30(33)37/h9-10,18-19,24-26,28,34-35H,2-8,11-17,20-23H2,1H3,(H,38,39)(H2,31,32,37)/b10-9-/t24-,25+,26-,28-/m1/s1. The van der Waals surface area contributed by atoms with Gasteiger partial charge >= 0.3 is 19.5 Å². The average Bonchev–Trinajstić information content (AvgIpc) is 3.35. The number of nitrogen functional groups attached to an aromatic ring is 1. The number of anilines is 1. The number of hydrogen-bond acceptors (Lipinski definition) is 11. The van der Waals surface area contributed by atoms with Gasteiger partial charge in [-0.15, -0.1) is 0 Å². The molecule has 0 bridgehead atoms. The molecule has 1 fully saturated rings. The van der Waals surface area contributed by atoms with Crippen molar-refractivity contribution in [1.29, 1.82) is 0 Å². The van der Waals surface area contributed by atoms with Crippen LogP contribution in [0, 0.1) is 0 Å². The van der Waals surface area contributed by atoms with Crippen molar-refractivity contribution in [3.05, 3.63) is 34.9 Å². The van der Waals surface area contributed by atoms with Crippen molar-refractivity contribution >= 4 is 19.6 Å². The van der Waals surface area contributed by atoms with Gasteiger partial charge in [0.25, 0.3) is 0 Å². The number of esters is 1. The molecule has 1 saturated heterocycles. The van der Waals surface area contributed by atoms with Crippen LogP contribution in [0.25, 0.3) is 0 Å². The fourth-order valence-corrected chi connectivity index (χ4v) is 5.49. The predicted molar refractivity (Wildman–Crippen MR) is 166 cm³/mol. The largest absolute Gasteiger partial charge is 0.472 e. The van der Waals surface area contributed by atoms with Crippen LogP contribution in [0.4, 0.5) is 5.82 Å². The molecule has 13 nitrogen and oxygen atoms in total. The fraction of sp³-hybridized carbons (Fsp3) is 0.767. The topological polar surface area (TPSA) is 193 Å².